The monoisotopic (exact) mass is 179 g/mol. The zero-order chi connectivity index (χ0) is 9.84. The molecule has 3 heteroatoms. The molecule has 1 rings (SSSR count). The van der Waals surface area contributed by atoms with Crippen LogP contribution in [0.5, 0.6) is 0 Å². The van der Waals surface area contributed by atoms with Crippen molar-refractivity contribution in [2.45, 2.75) is 26.7 Å². The molecule has 1 aromatic rings. The predicted octanol–water partition coefficient (Wildman–Crippen LogP) is 2.06. The molecule has 0 aliphatic heterocycles. The van der Waals surface area contributed by atoms with Gasteiger partial charge in [-0.2, -0.15) is 0 Å². The Morgan fingerprint density at radius 1 is 1.38 bits per heavy atom. The van der Waals surface area contributed by atoms with Crippen LogP contribution in [0.15, 0.2) is 12.4 Å². The lowest BCUT2D eigenvalue weighted by molar-refractivity contribution is 0.806. The van der Waals surface area contributed by atoms with Gasteiger partial charge in [-0.1, -0.05) is 13.8 Å². The van der Waals surface area contributed by atoms with Crippen molar-refractivity contribution in [3.05, 3.63) is 18.1 Å². The van der Waals surface area contributed by atoms with Crippen molar-refractivity contribution in [3.8, 4) is 0 Å². The Labute approximate surface area is 79.8 Å². The molecule has 0 saturated carbocycles. The van der Waals surface area contributed by atoms with E-state index in [0.717, 1.165) is 18.1 Å². The van der Waals surface area contributed by atoms with Crippen LogP contribution in [0.1, 0.15) is 32.4 Å². The van der Waals surface area contributed by atoms with E-state index in [1.165, 1.54) is 0 Å². The quantitative estimate of drug-likeness (QED) is 0.711. The first kappa shape index (κ1) is 9.96. The van der Waals surface area contributed by atoms with Crippen LogP contribution in [0.3, 0.4) is 0 Å². The second-order valence-electron chi connectivity index (χ2n) is 3.47. The Kier molecular flexibility index (Phi) is 3.23. The van der Waals surface area contributed by atoms with Gasteiger partial charge in [0.15, 0.2) is 0 Å². The van der Waals surface area contributed by atoms with E-state index in [4.69, 9.17) is 0 Å². The highest BCUT2D eigenvalue weighted by Crippen LogP contribution is 2.15. The summed E-state index contributed by atoms with van der Waals surface area (Å²) >= 11 is 0. The van der Waals surface area contributed by atoms with Crippen LogP contribution in [0.25, 0.3) is 0 Å². The van der Waals surface area contributed by atoms with E-state index in [2.05, 4.69) is 35.6 Å². The second kappa shape index (κ2) is 4.21. The third-order valence-corrected chi connectivity index (χ3v) is 2.13. The molecule has 0 unspecified atom stereocenters. The largest absolute Gasteiger partial charge is 0.360 e. The summed E-state index contributed by atoms with van der Waals surface area (Å²) in [5, 5.41) is 0. The molecule has 13 heavy (non-hydrogen) atoms. The maximum atomic E-state index is 4.22. The smallest absolute Gasteiger partial charge is 0.131 e. The van der Waals surface area contributed by atoms with Gasteiger partial charge in [-0.15, -0.1) is 0 Å². The summed E-state index contributed by atoms with van der Waals surface area (Å²) in [6.45, 7) is 7.35. The molecule has 0 aromatic carbocycles. The molecule has 0 atom stereocenters. The highest BCUT2D eigenvalue weighted by atomic mass is 15.2. The average molecular weight is 179 g/mol. The lowest BCUT2D eigenvalue weighted by atomic mass is 10.1. The van der Waals surface area contributed by atoms with Crippen molar-refractivity contribution in [1.82, 2.24) is 9.97 Å². The summed E-state index contributed by atoms with van der Waals surface area (Å²) in [5.41, 5.74) is 1.10. The van der Waals surface area contributed by atoms with Crippen LogP contribution in [0.4, 0.5) is 5.82 Å². The average Bonchev–Trinajstić information content (AvgIpc) is 2.17. The molecule has 0 saturated heterocycles. The van der Waals surface area contributed by atoms with Crippen LogP contribution in [-0.2, 0) is 0 Å². The van der Waals surface area contributed by atoms with Gasteiger partial charge >= 0.3 is 0 Å². The van der Waals surface area contributed by atoms with Gasteiger partial charge in [0, 0.05) is 25.4 Å². The fourth-order valence-corrected chi connectivity index (χ4v) is 1.05. The minimum Gasteiger partial charge on any atom is -0.360 e. The minimum atomic E-state index is 0.465. The lowest BCUT2D eigenvalue weighted by Crippen LogP contribution is -2.17. The summed E-state index contributed by atoms with van der Waals surface area (Å²) in [6, 6.07) is 2.05. The normalized spacial score (nSPS) is 10.5. The Morgan fingerprint density at radius 2 is 2.08 bits per heavy atom. The molecule has 1 aromatic heterocycles. The number of aromatic nitrogens is 2. The lowest BCUT2D eigenvalue weighted by Gasteiger charge is -2.16. The molecule has 1 heterocycles. The number of anilines is 1. The van der Waals surface area contributed by atoms with Gasteiger partial charge < -0.3 is 4.90 Å². The molecule has 0 N–H and O–H groups in total. The molecule has 3 nitrogen and oxygen atoms in total. The van der Waals surface area contributed by atoms with Crippen molar-refractivity contribution < 1.29 is 0 Å². The van der Waals surface area contributed by atoms with Crippen molar-refractivity contribution >= 4 is 5.82 Å². The molecule has 0 radical (unpaired) electrons. The summed E-state index contributed by atoms with van der Waals surface area (Å²) in [5.74, 6) is 1.47. The number of hydrogen-bond donors (Lipinski definition) is 0. The molecular formula is C10H17N3. The van der Waals surface area contributed by atoms with Gasteiger partial charge in [0.1, 0.15) is 12.1 Å². The van der Waals surface area contributed by atoms with Gasteiger partial charge in [-0.05, 0) is 12.8 Å². The van der Waals surface area contributed by atoms with Crippen LogP contribution >= 0.6 is 0 Å². The van der Waals surface area contributed by atoms with Crippen molar-refractivity contribution in [3.63, 3.8) is 0 Å². The van der Waals surface area contributed by atoms with E-state index in [9.17, 15) is 0 Å². The molecule has 0 spiro atoms. The Hall–Kier alpha value is -1.12. The van der Waals surface area contributed by atoms with Crippen LogP contribution in [0, 0.1) is 0 Å². The van der Waals surface area contributed by atoms with Gasteiger partial charge in [0.25, 0.3) is 0 Å². The summed E-state index contributed by atoms with van der Waals surface area (Å²) in [7, 11) is 2.03. The Balaban J connectivity index is 2.91. The van der Waals surface area contributed by atoms with Gasteiger partial charge in [-0.25, -0.2) is 9.97 Å². The fraction of sp³-hybridized carbons (Fsp3) is 0.600. The zero-order valence-corrected chi connectivity index (χ0v) is 8.78. The highest BCUT2D eigenvalue weighted by Gasteiger charge is 2.04. The first-order valence-corrected chi connectivity index (χ1v) is 4.68. The van der Waals surface area contributed by atoms with E-state index in [1.807, 2.05) is 13.1 Å². The highest BCUT2D eigenvalue weighted by molar-refractivity contribution is 5.38. The topological polar surface area (TPSA) is 29.0 Å². The first-order chi connectivity index (χ1) is 6.15. The van der Waals surface area contributed by atoms with Gasteiger partial charge in [0.05, 0.1) is 0 Å². The summed E-state index contributed by atoms with van der Waals surface area (Å²) in [6.07, 6.45) is 1.64. The van der Waals surface area contributed by atoms with Crippen molar-refractivity contribution in [2.75, 3.05) is 18.5 Å². The molecule has 0 amide bonds. The SMILES string of the molecule is CCN(C)c1cc(C(C)C)ncn1. The number of rotatable bonds is 3. The molecule has 0 fully saturated rings. The van der Waals surface area contributed by atoms with Gasteiger partial charge in [-0.3, -0.25) is 0 Å². The van der Waals surface area contributed by atoms with Crippen LogP contribution < -0.4 is 4.90 Å². The van der Waals surface area contributed by atoms with E-state index in [1.54, 1.807) is 6.33 Å². The van der Waals surface area contributed by atoms with E-state index >= 15 is 0 Å². The second-order valence-corrected chi connectivity index (χ2v) is 3.47. The standard InChI is InChI=1S/C10H17N3/c1-5-13(4)10-6-9(8(2)3)11-7-12-10/h6-8H,5H2,1-4H3. The van der Waals surface area contributed by atoms with Crippen molar-refractivity contribution in [2.24, 2.45) is 0 Å². The maximum Gasteiger partial charge on any atom is 0.131 e. The Morgan fingerprint density at radius 3 is 2.62 bits per heavy atom. The van der Waals surface area contributed by atoms with E-state index in [0.29, 0.717) is 5.92 Å². The first-order valence-electron chi connectivity index (χ1n) is 4.68. The molecular weight excluding hydrogens is 162 g/mol. The van der Waals surface area contributed by atoms with Crippen LogP contribution in [-0.4, -0.2) is 23.6 Å². The fourth-order valence-electron chi connectivity index (χ4n) is 1.05. The number of nitrogens with zero attached hydrogens (tertiary/aromatic N) is 3. The minimum absolute atomic E-state index is 0.465. The molecule has 0 aliphatic rings. The zero-order valence-electron chi connectivity index (χ0n) is 8.78. The predicted molar refractivity (Wildman–Crippen MR) is 55.1 cm³/mol. The van der Waals surface area contributed by atoms with E-state index < -0.39 is 0 Å². The van der Waals surface area contributed by atoms with Crippen LogP contribution in [0.2, 0.25) is 0 Å². The Bertz CT molecular complexity index is 271. The maximum absolute atomic E-state index is 4.22. The van der Waals surface area contributed by atoms with E-state index in [-0.39, 0.29) is 0 Å². The summed E-state index contributed by atoms with van der Waals surface area (Å²) in [4.78, 5) is 10.5. The van der Waals surface area contributed by atoms with Crippen molar-refractivity contribution in [1.29, 1.82) is 0 Å². The summed E-state index contributed by atoms with van der Waals surface area (Å²) < 4.78 is 0. The molecule has 0 aliphatic carbocycles. The molecule has 0 bridgehead atoms. The third-order valence-electron chi connectivity index (χ3n) is 2.13. The number of hydrogen-bond acceptors (Lipinski definition) is 3. The van der Waals surface area contributed by atoms with Gasteiger partial charge in [0.2, 0.25) is 0 Å². The molecule has 72 valence electrons. The third kappa shape index (κ3) is 2.41.